The molecule has 3 N–H and O–H groups in total. The minimum atomic E-state index is -0.327. The average molecular weight is 416 g/mol. The molecule has 0 aliphatic carbocycles. The molecule has 1 aliphatic rings. The predicted molar refractivity (Wildman–Crippen MR) is 101 cm³/mol. The Bertz CT molecular complexity index is 909. The Kier molecular flexibility index (Phi) is 5.04. The predicted octanol–water partition coefficient (Wildman–Crippen LogP) is 3.16. The van der Waals surface area contributed by atoms with E-state index in [1.165, 1.54) is 6.08 Å². The molecule has 0 bridgehead atoms. The zero-order valence-electron chi connectivity index (χ0n) is 13.5. The zero-order chi connectivity index (χ0) is 18.7. The number of carbonyl (C=O) groups is 3. The third-order valence-electron chi connectivity index (χ3n) is 3.55. The van der Waals surface area contributed by atoms with Gasteiger partial charge < -0.3 is 20.7 Å². The minimum Gasteiger partial charge on any atom is -0.482 e. The van der Waals surface area contributed by atoms with Crippen LogP contribution in [0.1, 0.15) is 10.4 Å². The number of fused-ring (bicyclic) bond motifs is 1. The highest BCUT2D eigenvalue weighted by molar-refractivity contribution is 9.10. The lowest BCUT2D eigenvalue weighted by Crippen LogP contribution is -2.25. The molecular formula is C18H14BrN3O4. The molecule has 0 saturated carbocycles. The van der Waals surface area contributed by atoms with Crippen molar-refractivity contribution in [2.75, 3.05) is 22.6 Å². The Morgan fingerprint density at radius 2 is 1.92 bits per heavy atom. The van der Waals surface area contributed by atoms with Crippen molar-refractivity contribution in [3.05, 3.63) is 59.1 Å². The van der Waals surface area contributed by atoms with Gasteiger partial charge in [-0.1, -0.05) is 6.58 Å². The first-order valence-electron chi connectivity index (χ1n) is 7.57. The van der Waals surface area contributed by atoms with E-state index < -0.39 is 0 Å². The highest BCUT2D eigenvalue weighted by Gasteiger charge is 2.19. The maximum Gasteiger partial charge on any atom is 0.262 e. The van der Waals surface area contributed by atoms with E-state index in [1.54, 1.807) is 36.4 Å². The van der Waals surface area contributed by atoms with Gasteiger partial charge in [0, 0.05) is 21.8 Å². The number of carbonyl (C=O) groups excluding carboxylic acids is 3. The third-order valence-corrected chi connectivity index (χ3v) is 4.21. The first-order chi connectivity index (χ1) is 12.5. The molecule has 1 heterocycles. The largest absolute Gasteiger partial charge is 0.482 e. The van der Waals surface area contributed by atoms with Crippen LogP contribution in [-0.2, 0) is 9.59 Å². The van der Waals surface area contributed by atoms with E-state index in [0.29, 0.717) is 32.8 Å². The fourth-order valence-electron chi connectivity index (χ4n) is 2.29. The molecule has 1 aliphatic heterocycles. The van der Waals surface area contributed by atoms with Gasteiger partial charge in [0.05, 0.1) is 11.4 Å². The Morgan fingerprint density at radius 3 is 2.62 bits per heavy atom. The fraction of sp³-hybridized carbons (Fsp3) is 0.0556. The number of hydrogen-bond acceptors (Lipinski definition) is 4. The summed E-state index contributed by atoms with van der Waals surface area (Å²) in [6.07, 6.45) is 1.17. The number of nitrogens with one attached hydrogen (secondary N) is 3. The molecule has 2 aromatic carbocycles. The highest BCUT2D eigenvalue weighted by atomic mass is 79.9. The number of anilines is 3. The van der Waals surface area contributed by atoms with Crippen LogP contribution in [0.2, 0.25) is 0 Å². The van der Waals surface area contributed by atoms with Crippen LogP contribution in [0.25, 0.3) is 0 Å². The first-order valence-corrected chi connectivity index (χ1v) is 8.36. The number of halogens is 1. The summed E-state index contributed by atoms with van der Waals surface area (Å²) in [7, 11) is 0. The van der Waals surface area contributed by atoms with E-state index in [2.05, 4.69) is 38.5 Å². The van der Waals surface area contributed by atoms with Crippen molar-refractivity contribution in [2.45, 2.75) is 0 Å². The molecule has 0 saturated heterocycles. The summed E-state index contributed by atoms with van der Waals surface area (Å²) in [5.74, 6) is -0.408. The topological polar surface area (TPSA) is 96.5 Å². The molecule has 3 rings (SSSR count). The lowest BCUT2D eigenvalue weighted by Gasteiger charge is -2.19. The van der Waals surface area contributed by atoms with Crippen LogP contribution in [-0.4, -0.2) is 24.3 Å². The van der Waals surface area contributed by atoms with Crippen molar-refractivity contribution in [1.82, 2.24) is 0 Å². The Balaban J connectivity index is 1.74. The normalized spacial score (nSPS) is 12.3. The van der Waals surface area contributed by atoms with Crippen molar-refractivity contribution in [1.29, 1.82) is 0 Å². The van der Waals surface area contributed by atoms with E-state index in [-0.39, 0.29) is 24.3 Å². The van der Waals surface area contributed by atoms with Crippen molar-refractivity contribution in [2.24, 2.45) is 0 Å². The number of ether oxygens (including phenoxy) is 1. The van der Waals surface area contributed by atoms with Crippen LogP contribution >= 0.6 is 15.9 Å². The van der Waals surface area contributed by atoms with E-state index in [1.807, 2.05) is 0 Å². The standard InChI is InChI=1S/C18H14BrN3O4/c1-2-16(23)20-11-5-3-10(4-6-11)18(25)22-13-8-15-14(7-12(13)19)21-17(24)9-26-15/h2-8H,1,9H2,(H,20,23)(H,21,24)(H,22,25). The van der Waals surface area contributed by atoms with Crippen molar-refractivity contribution < 1.29 is 19.1 Å². The van der Waals surface area contributed by atoms with Crippen molar-refractivity contribution in [3.63, 3.8) is 0 Å². The first kappa shape index (κ1) is 17.7. The lowest BCUT2D eigenvalue weighted by atomic mass is 10.1. The van der Waals surface area contributed by atoms with E-state index >= 15 is 0 Å². The maximum atomic E-state index is 12.4. The van der Waals surface area contributed by atoms with Gasteiger partial charge in [-0.25, -0.2) is 0 Å². The second kappa shape index (κ2) is 7.40. The molecule has 0 atom stereocenters. The molecule has 132 valence electrons. The molecule has 26 heavy (non-hydrogen) atoms. The summed E-state index contributed by atoms with van der Waals surface area (Å²) < 4.78 is 5.95. The van der Waals surface area contributed by atoms with Gasteiger partial charge in [-0.2, -0.15) is 0 Å². The van der Waals surface area contributed by atoms with Crippen LogP contribution in [0, 0.1) is 0 Å². The van der Waals surface area contributed by atoms with Gasteiger partial charge in [0.2, 0.25) is 5.91 Å². The van der Waals surface area contributed by atoms with Gasteiger partial charge in [-0.15, -0.1) is 0 Å². The summed E-state index contributed by atoms with van der Waals surface area (Å²) in [5.41, 5.74) is 2.02. The summed E-state index contributed by atoms with van der Waals surface area (Å²) in [6.45, 7) is 3.31. The summed E-state index contributed by atoms with van der Waals surface area (Å²) in [4.78, 5) is 35.0. The highest BCUT2D eigenvalue weighted by Crippen LogP contribution is 2.36. The van der Waals surface area contributed by atoms with Crippen molar-refractivity contribution in [3.8, 4) is 5.75 Å². The van der Waals surface area contributed by atoms with Gasteiger partial charge in [-0.05, 0) is 52.3 Å². The van der Waals surface area contributed by atoms with Crippen LogP contribution in [0.15, 0.2) is 53.5 Å². The summed E-state index contributed by atoms with van der Waals surface area (Å²) in [5, 5.41) is 8.08. The van der Waals surface area contributed by atoms with E-state index in [4.69, 9.17) is 4.74 Å². The Morgan fingerprint density at radius 1 is 1.19 bits per heavy atom. The van der Waals surface area contributed by atoms with Crippen LogP contribution in [0.4, 0.5) is 17.1 Å². The van der Waals surface area contributed by atoms with Crippen LogP contribution in [0.5, 0.6) is 5.75 Å². The smallest absolute Gasteiger partial charge is 0.262 e. The second-order valence-corrected chi connectivity index (χ2v) is 6.24. The molecule has 0 spiro atoms. The molecule has 0 unspecified atom stereocenters. The molecule has 8 heteroatoms. The second-order valence-electron chi connectivity index (χ2n) is 5.39. The van der Waals surface area contributed by atoms with Gasteiger partial charge >= 0.3 is 0 Å². The molecule has 0 fully saturated rings. The third kappa shape index (κ3) is 3.92. The molecular weight excluding hydrogens is 402 g/mol. The summed E-state index contributed by atoms with van der Waals surface area (Å²) >= 11 is 3.36. The van der Waals surface area contributed by atoms with Crippen molar-refractivity contribution >= 4 is 50.7 Å². The molecule has 7 nitrogen and oxygen atoms in total. The Hall–Kier alpha value is -3.13. The van der Waals surface area contributed by atoms with Crippen LogP contribution < -0.4 is 20.7 Å². The zero-order valence-corrected chi connectivity index (χ0v) is 15.1. The lowest BCUT2D eigenvalue weighted by molar-refractivity contribution is -0.118. The van der Waals surface area contributed by atoms with E-state index in [9.17, 15) is 14.4 Å². The molecule has 3 amide bonds. The Labute approximate surface area is 157 Å². The van der Waals surface area contributed by atoms with Gasteiger partial charge in [0.15, 0.2) is 6.61 Å². The van der Waals surface area contributed by atoms with Gasteiger partial charge in [0.25, 0.3) is 11.8 Å². The van der Waals surface area contributed by atoms with Crippen LogP contribution in [0.3, 0.4) is 0 Å². The van der Waals surface area contributed by atoms with E-state index in [0.717, 1.165) is 0 Å². The maximum absolute atomic E-state index is 12.4. The fourth-order valence-corrected chi connectivity index (χ4v) is 2.73. The number of rotatable bonds is 4. The SMILES string of the molecule is C=CC(=O)Nc1ccc(C(=O)Nc2cc3c(cc2Br)NC(=O)CO3)cc1. The van der Waals surface area contributed by atoms with Gasteiger partial charge in [-0.3, -0.25) is 14.4 Å². The monoisotopic (exact) mass is 415 g/mol. The number of benzene rings is 2. The number of amides is 3. The number of hydrogen-bond donors (Lipinski definition) is 3. The molecule has 2 aromatic rings. The van der Waals surface area contributed by atoms with Gasteiger partial charge in [0.1, 0.15) is 5.75 Å². The average Bonchev–Trinajstić information content (AvgIpc) is 2.63. The quantitative estimate of drug-likeness (QED) is 0.668. The summed E-state index contributed by atoms with van der Waals surface area (Å²) in [6, 6.07) is 9.73. The molecule has 0 aromatic heterocycles. The minimum absolute atomic E-state index is 0.0695. The molecule has 0 radical (unpaired) electrons.